The number of hydrogen-bond donors (Lipinski definition) is 1. The van der Waals surface area contributed by atoms with Crippen molar-refractivity contribution in [3.05, 3.63) is 45.8 Å². The van der Waals surface area contributed by atoms with Gasteiger partial charge >= 0.3 is 0 Å². The van der Waals surface area contributed by atoms with E-state index in [1.54, 1.807) is 18.3 Å². The Morgan fingerprint density at radius 3 is 2.95 bits per heavy atom. The van der Waals surface area contributed by atoms with Gasteiger partial charge < -0.3 is 10.1 Å². The van der Waals surface area contributed by atoms with Gasteiger partial charge in [0.2, 0.25) is 5.88 Å². The van der Waals surface area contributed by atoms with Crippen LogP contribution in [0.4, 0.5) is 0 Å². The maximum absolute atomic E-state index is 11.3. The SMILES string of the molecule is CC(=O)c1csc(COc2cccc(C3CCNCC3)n2)c1. The molecule has 1 N–H and O–H groups in total. The number of aromatic nitrogens is 1. The Bertz CT molecular complexity index is 648. The number of carbonyl (C=O) groups is 1. The minimum absolute atomic E-state index is 0.0912. The summed E-state index contributed by atoms with van der Waals surface area (Å²) in [6.45, 7) is 4.15. The highest BCUT2D eigenvalue weighted by Crippen LogP contribution is 2.25. The van der Waals surface area contributed by atoms with Gasteiger partial charge in [0.15, 0.2) is 5.78 Å². The number of nitrogens with one attached hydrogen (secondary N) is 1. The lowest BCUT2D eigenvalue weighted by atomic mass is 9.94. The standard InChI is InChI=1S/C17H20N2O2S/c1-12(20)14-9-15(22-11-14)10-21-17-4-2-3-16(19-17)13-5-7-18-8-6-13/h2-4,9,11,13,18H,5-8,10H2,1H3. The van der Waals surface area contributed by atoms with Crippen LogP contribution in [-0.4, -0.2) is 23.9 Å². The molecular formula is C17H20N2O2S. The van der Waals surface area contributed by atoms with E-state index in [2.05, 4.69) is 16.4 Å². The van der Waals surface area contributed by atoms with E-state index in [1.807, 2.05) is 23.6 Å². The van der Waals surface area contributed by atoms with Crippen molar-refractivity contribution in [3.63, 3.8) is 0 Å². The normalized spacial score (nSPS) is 15.7. The van der Waals surface area contributed by atoms with E-state index in [0.29, 0.717) is 18.4 Å². The molecule has 0 bridgehead atoms. The molecule has 3 rings (SSSR count). The summed E-state index contributed by atoms with van der Waals surface area (Å²) in [7, 11) is 0. The Kier molecular flexibility index (Phi) is 4.85. The summed E-state index contributed by atoms with van der Waals surface area (Å²) in [4.78, 5) is 17.0. The van der Waals surface area contributed by atoms with E-state index in [4.69, 9.17) is 4.74 Å². The minimum Gasteiger partial charge on any atom is -0.472 e. The van der Waals surface area contributed by atoms with Crippen molar-refractivity contribution in [3.8, 4) is 5.88 Å². The third-order valence-corrected chi connectivity index (χ3v) is 4.84. The molecule has 0 aromatic carbocycles. The topological polar surface area (TPSA) is 51.2 Å². The van der Waals surface area contributed by atoms with Crippen molar-refractivity contribution in [2.75, 3.05) is 13.1 Å². The number of ether oxygens (including phenoxy) is 1. The first-order chi connectivity index (χ1) is 10.7. The summed E-state index contributed by atoms with van der Waals surface area (Å²) in [5.41, 5.74) is 1.87. The van der Waals surface area contributed by atoms with Crippen molar-refractivity contribution in [2.45, 2.75) is 32.3 Å². The molecule has 22 heavy (non-hydrogen) atoms. The first-order valence-electron chi connectivity index (χ1n) is 7.61. The number of hydrogen-bond acceptors (Lipinski definition) is 5. The van der Waals surface area contributed by atoms with Gasteiger partial charge in [0.05, 0.1) is 0 Å². The summed E-state index contributed by atoms with van der Waals surface area (Å²) < 4.78 is 5.79. The van der Waals surface area contributed by atoms with Crippen LogP contribution in [-0.2, 0) is 6.61 Å². The van der Waals surface area contributed by atoms with Crippen LogP contribution in [0.3, 0.4) is 0 Å². The Labute approximate surface area is 134 Å². The molecule has 3 heterocycles. The Hall–Kier alpha value is -1.72. The predicted molar refractivity (Wildman–Crippen MR) is 87.7 cm³/mol. The van der Waals surface area contributed by atoms with E-state index < -0.39 is 0 Å². The number of Topliss-reactive ketones (excluding diaryl/α,β-unsaturated/α-hetero) is 1. The molecule has 116 valence electrons. The van der Waals surface area contributed by atoms with E-state index >= 15 is 0 Å². The summed E-state index contributed by atoms with van der Waals surface area (Å²) in [5, 5.41) is 5.25. The number of nitrogens with zero attached hydrogens (tertiary/aromatic N) is 1. The summed E-state index contributed by atoms with van der Waals surface area (Å²) in [6.07, 6.45) is 2.26. The van der Waals surface area contributed by atoms with Crippen molar-refractivity contribution in [2.24, 2.45) is 0 Å². The molecule has 1 aliphatic rings. The zero-order valence-electron chi connectivity index (χ0n) is 12.7. The molecule has 1 saturated heterocycles. The minimum atomic E-state index is 0.0912. The van der Waals surface area contributed by atoms with Crippen LogP contribution in [0.2, 0.25) is 0 Å². The third-order valence-electron chi connectivity index (χ3n) is 3.93. The number of ketones is 1. The smallest absolute Gasteiger partial charge is 0.213 e. The number of thiophene rings is 1. The van der Waals surface area contributed by atoms with Gasteiger partial charge in [0, 0.05) is 33.5 Å². The lowest BCUT2D eigenvalue weighted by Crippen LogP contribution is -2.27. The molecule has 0 spiro atoms. The quantitative estimate of drug-likeness (QED) is 0.859. The molecule has 1 fully saturated rings. The zero-order valence-corrected chi connectivity index (χ0v) is 13.5. The van der Waals surface area contributed by atoms with Gasteiger partial charge in [-0.15, -0.1) is 11.3 Å². The van der Waals surface area contributed by atoms with Gasteiger partial charge in [0.1, 0.15) is 6.61 Å². The van der Waals surface area contributed by atoms with Crippen molar-refractivity contribution >= 4 is 17.1 Å². The van der Waals surface area contributed by atoms with Gasteiger partial charge in [-0.1, -0.05) is 6.07 Å². The summed E-state index contributed by atoms with van der Waals surface area (Å²) in [5.74, 6) is 1.28. The molecule has 0 radical (unpaired) electrons. The molecule has 2 aromatic rings. The van der Waals surface area contributed by atoms with Crippen LogP contribution in [0.15, 0.2) is 29.6 Å². The Balaban J connectivity index is 1.63. The molecule has 0 unspecified atom stereocenters. The molecular weight excluding hydrogens is 296 g/mol. The highest BCUT2D eigenvalue weighted by atomic mass is 32.1. The van der Waals surface area contributed by atoms with Crippen molar-refractivity contribution in [1.29, 1.82) is 0 Å². The summed E-state index contributed by atoms with van der Waals surface area (Å²) >= 11 is 1.55. The van der Waals surface area contributed by atoms with Crippen molar-refractivity contribution < 1.29 is 9.53 Å². The van der Waals surface area contributed by atoms with Crippen LogP contribution in [0.25, 0.3) is 0 Å². The number of piperidine rings is 1. The van der Waals surface area contributed by atoms with Crippen LogP contribution in [0, 0.1) is 0 Å². The van der Waals surface area contributed by atoms with Crippen LogP contribution >= 0.6 is 11.3 Å². The monoisotopic (exact) mass is 316 g/mol. The van der Waals surface area contributed by atoms with Gasteiger partial charge in [-0.2, -0.15) is 0 Å². The predicted octanol–water partition coefficient (Wildman–Crippen LogP) is 3.39. The fourth-order valence-electron chi connectivity index (χ4n) is 2.64. The zero-order chi connectivity index (χ0) is 15.4. The van der Waals surface area contributed by atoms with E-state index in [-0.39, 0.29) is 5.78 Å². The molecule has 0 atom stereocenters. The second kappa shape index (κ2) is 7.03. The lowest BCUT2D eigenvalue weighted by Gasteiger charge is -2.22. The van der Waals surface area contributed by atoms with Gasteiger partial charge in [-0.05, 0) is 45.0 Å². The highest BCUT2D eigenvalue weighted by molar-refractivity contribution is 7.10. The van der Waals surface area contributed by atoms with Crippen LogP contribution < -0.4 is 10.1 Å². The first kappa shape index (κ1) is 15.2. The molecule has 1 aliphatic heterocycles. The third kappa shape index (κ3) is 3.72. The second-order valence-electron chi connectivity index (χ2n) is 5.57. The molecule has 5 heteroatoms. The average molecular weight is 316 g/mol. The van der Waals surface area contributed by atoms with Crippen LogP contribution in [0.1, 0.15) is 46.6 Å². The lowest BCUT2D eigenvalue weighted by molar-refractivity contribution is 0.101. The fraction of sp³-hybridized carbons (Fsp3) is 0.412. The maximum atomic E-state index is 11.3. The van der Waals surface area contributed by atoms with E-state index in [0.717, 1.165) is 42.1 Å². The fourth-order valence-corrected chi connectivity index (χ4v) is 3.48. The van der Waals surface area contributed by atoms with E-state index in [9.17, 15) is 4.79 Å². The molecule has 0 aliphatic carbocycles. The van der Waals surface area contributed by atoms with E-state index in [1.165, 1.54) is 0 Å². The highest BCUT2D eigenvalue weighted by Gasteiger charge is 2.16. The van der Waals surface area contributed by atoms with Crippen molar-refractivity contribution in [1.82, 2.24) is 10.3 Å². The number of carbonyl (C=O) groups excluding carboxylic acids is 1. The maximum Gasteiger partial charge on any atom is 0.213 e. The number of rotatable bonds is 5. The Morgan fingerprint density at radius 2 is 2.23 bits per heavy atom. The van der Waals surface area contributed by atoms with Crippen LogP contribution in [0.5, 0.6) is 5.88 Å². The molecule has 0 saturated carbocycles. The summed E-state index contributed by atoms with van der Waals surface area (Å²) in [6, 6.07) is 7.88. The van der Waals surface area contributed by atoms with Gasteiger partial charge in [0.25, 0.3) is 0 Å². The van der Waals surface area contributed by atoms with Gasteiger partial charge in [-0.25, -0.2) is 4.98 Å². The second-order valence-corrected chi connectivity index (χ2v) is 6.57. The number of pyridine rings is 1. The average Bonchev–Trinajstić information content (AvgIpc) is 3.03. The molecule has 4 nitrogen and oxygen atoms in total. The largest absolute Gasteiger partial charge is 0.472 e. The van der Waals surface area contributed by atoms with Gasteiger partial charge in [-0.3, -0.25) is 4.79 Å². The molecule has 0 amide bonds. The molecule has 2 aromatic heterocycles. The Morgan fingerprint density at radius 1 is 1.41 bits per heavy atom. The first-order valence-corrected chi connectivity index (χ1v) is 8.49.